The third kappa shape index (κ3) is 2.18. The van der Waals surface area contributed by atoms with E-state index in [1.54, 1.807) is 0 Å². The molecule has 1 heterocycles. The van der Waals surface area contributed by atoms with Crippen LogP contribution in [0.15, 0.2) is 24.3 Å². The zero-order valence-corrected chi connectivity index (χ0v) is 8.94. The molecule has 2 rings (SSSR count). The van der Waals surface area contributed by atoms with E-state index in [1.165, 1.54) is 11.1 Å². The van der Waals surface area contributed by atoms with Crippen molar-refractivity contribution in [1.82, 2.24) is 4.90 Å². The van der Waals surface area contributed by atoms with Gasteiger partial charge < -0.3 is 10.6 Å². The van der Waals surface area contributed by atoms with Crippen molar-refractivity contribution in [2.75, 3.05) is 6.54 Å². The molecule has 3 nitrogen and oxygen atoms in total. The lowest BCUT2D eigenvalue weighted by molar-refractivity contribution is -0.129. The summed E-state index contributed by atoms with van der Waals surface area (Å²) in [5.74, 6) is 0.0801. The van der Waals surface area contributed by atoms with Crippen LogP contribution in [0.1, 0.15) is 17.5 Å². The van der Waals surface area contributed by atoms with Gasteiger partial charge in [-0.15, -0.1) is 0 Å². The van der Waals surface area contributed by atoms with Gasteiger partial charge in [-0.05, 0) is 18.9 Å². The Morgan fingerprint density at radius 3 is 2.93 bits per heavy atom. The molecule has 80 valence electrons. The molecular weight excluding hydrogens is 188 g/mol. The number of carbonyl (C=O) groups is 1. The first-order valence-corrected chi connectivity index (χ1v) is 5.27. The maximum atomic E-state index is 11.6. The third-order valence-corrected chi connectivity index (χ3v) is 2.79. The third-order valence-electron chi connectivity index (χ3n) is 2.79. The van der Waals surface area contributed by atoms with Crippen LogP contribution in [0.4, 0.5) is 0 Å². The van der Waals surface area contributed by atoms with Gasteiger partial charge in [-0.25, -0.2) is 0 Å². The van der Waals surface area contributed by atoms with Gasteiger partial charge in [0.05, 0.1) is 6.04 Å². The maximum absolute atomic E-state index is 11.6. The summed E-state index contributed by atoms with van der Waals surface area (Å²) in [4.78, 5) is 13.4. The van der Waals surface area contributed by atoms with Gasteiger partial charge in [0.15, 0.2) is 0 Å². The Bertz CT molecular complexity index is 376. The minimum Gasteiger partial charge on any atom is -0.337 e. The number of likely N-dealkylation sites (tertiary alicyclic amines) is 1. The lowest BCUT2D eigenvalue weighted by Gasteiger charge is -2.16. The van der Waals surface area contributed by atoms with Crippen LogP contribution in [-0.4, -0.2) is 23.4 Å². The predicted octanol–water partition coefficient (Wildman–Crippen LogP) is 1.05. The standard InChI is InChI=1S/C12H16N2O/c1-9-3-2-4-10(7-9)8-14-6-5-11(13)12(14)15/h2-4,7,11H,5-6,8,13H2,1H3. The van der Waals surface area contributed by atoms with Crippen molar-refractivity contribution < 1.29 is 4.79 Å². The molecule has 1 amide bonds. The summed E-state index contributed by atoms with van der Waals surface area (Å²) < 4.78 is 0. The van der Waals surface area contributed by atoms with Gasteiger partial charge in [-0.3, -0.25) is 4.79 Å². The van der Waals surface area contributed by atoms with Crippen LogP contribution in [0.25, 0.3) is 0 Å². The average Bonchev–Trinajstić information content (AvgIpc) is 2.50. The molecule has 0 saturated carbocycles. The number of hydrogen-bond acceptors (Lipinski definition) is 2. The SMILES string of the molecule is Cc1cccc(CN2CCC(N)C2=O)c1. The Hall–Kier alpha value is -1.35. The summed E-state index contributed by atoms with van der Waals surface area (Å²) in [5.41, 5.74) is 8.06. The molecule has 0 spiro atoms. The number of aryl methyl sites for hydroxylation is 1. The van der Waals surface area contributed by atoms with E-state index >= 15 is 0 Å². The summed E-state index contributed by atoms with van der Waals surface area (Å²) >= 11 is 0. The molecule has 0 aromatic heterocycles. The van der Waals surface area contributed by atoms with Gasteiger partial charge >= 0.3 is 0 Å². The minimum absolute atomic E-state index is 0.0801. The van der Waals surface area contributed by atoms with E-state index < -0.39 is 0 Å². The fourth-order valence-electron chi connectivity index (χ4n) is 1.95. The molecule has 1 aromatic rings. The Labute approximate surface area is 89.9 Å². The molecule has 1 atom stereocenters. The van der Waals surface area contributed by atoms with E-state index in [0.29, 0.717) is 6.54 Å². The summed E-state index contributed by atoms with van der Waals surface area (Å²) in [6.45, 7) is 3.53. The molecule has 1 unspecified atom stereocenters. The number of benzene rings is 1. The van der Waals surface area contributed by atoms with Crippen molar-refractivity contribution in [2.45, 2.75) is 25.9 Å². The highest BCUT2D eigenvalue weighted by molar-refractivity contribution is 5.83. The number of nitrogens with two attached hydrogens (primary N) is 1. The van der Waals surface area contributed by atoms with Crippen molar-refractivity contribution in [2.24, 2.45) is 5.73 Å². The summed E-state index contributed by atoms with van der Waals surface area (Å²) in [5, 5.41) is 0. The lowest BCUT2D eigenvalue weighted by Crippen LogP contribution is -2.33. The first-order chi connectivity index (χ1) is 7.16. The Kier molecular flexibility index (Phi) is 2.73. The molecule has 0 radical (unpaired) electrons. The molecule has 1 aliphatic rings. The van der Waals surface area contributed by atoms with E-state index in [2.05, 4.69) is 19.1 Å². The highest BCUT2D eigenvalue weighted by Gasteiger charge is 2.27. The largest absolute Gasteiger partial charge is 0.337 e. The van der Waals surface area contributed by atoms with Crippen molar-refractivity contribution in [1.29, 1.82) is 0 Å². The van der Waals surface area contributed by atoms with Crippen LogP contribution < -0.4 is 5.73 Å². The molecule has 1 fully saturated rings. The van der Waals surface area contributed by atoms with Crippen LogP contribution in [0.3, 0.4) is 0 Å². The predicted molar refractivity (Wildman–Crippen MR) is 59.2 cm³/mol. The quantitative estimate of drug-likeness (QED) is 0.782. The highest BCUT2D eigenvalue weighted by atomic mass is 16.2. The zero-order chi connectivity index (χ0) is 10.8. The molecule has 1 saturated heterocycles. The maximum Gasteiger partial charge on any atom is 0.239 e. The second-order valence-corrected chi connectivity index (χ2v) is 4.14. The average molecular weight is 204 g/mol. The normalized spacial score (nSPS) is 21.1. The lowest BCUT2D eigenvalue weighted by atomic mass is 10.1. The van der Waals surface area contributed by atoms with Crippen molar-refractivity contribution in [3.63, 3.8) is 0 Å². The van der Waals surface area contributed by atoms with Gasteiger partial charge in [0.2, 0.25) is 5.91 Å². The van der Waals surface area contributed by atoms with Crippen LogP contribution in [-0.2, 0) is 11.3 Å². The van der Waals surface area contributed by atoms with Crippen LogP contribution in [0.5, 0.6) is 0 Å². The van der Waals surface area contributed by atoms with Gasteiger partial charge in [0.1, 0.15) is 0 Å². The summed E-state index contributed by atoms with van der Waals surface area (Å²) in [6, 6.07) is 7.95. The smallest absolute Gasteiger partial charge is 0.239 e. The zero-order valence-electron chi connectivity index (χ0n) is 8.94. The van der Waals surface area contributed by atoms with Gasteiger partial charge in [0, 0.05) is 13.1 Å². The molecule has 15 heavy (non-hydrogen) atoms. The number of carbonyl (C=O) groups excluding carboxylic acids is 1. The van der Waals surface area contributed by atoms with Crippen LogP contribution >= 0.6 is 0 Å². The van der Waals surface area contributed by atoms with E-state index in [9.17, 15) is 4.79 Å². The van der Waals surface area contributed by atoms with Gasteiger partial charge in [-0.2, -0.15) is 0 Å². The van der Waals surface area contributed by atoms with Crippen molar-refractivity contribution >= 4 is 5.91 Å². The topological polar surface area (TPSA) is 46.3 Å². The molecular formula is C12H16N2O. The summed E-state index contributed by atoms with van der Waals surface area (Å²) in [6.07, 6.45) is 0.782. The molecule has 1 aliphatic heterocycles. The summed E-state index contributed by atoms with van der Waals surface area (Å²) in [7, 11) is 0. The Morgan fingerprint density at radius 1 is 1.53 bits per heavy atom. The first kappa shape index (κ1) is 10.2. The minimum atomic E-state index is -0.283. The van der Waals surface area contributed by atoms with Crippen molar-refractivity contribution in [3.8, 4) is 0 Å². The number of amides is 1. The second kappa shape index (κ2) is 4.03. The molecule has 0 aliphatic carbocycles. The Morgan fingerprint density at radius 2 is 2.33 bits per heavy atom. The fraction of sp³-hybridized carbons (Fsp3) is 0.417. The van der Waals surface area contributed by atoms with Crippen molar-refractivity contribution in [3.05, 3.63) is 35.4 Å². The number of nitrogens with zero attached hydrogens (tertiary/aromatic N) is 1. The first-order valence-electron chi connectivity index (χ1n) is 5.27. The fourth-order valence-corrected chi connectivity index (χ4v) is 1.95. The molecule has 2 N–H and O–H groups in total. The second-order valence-electron chi connectivity index (χ2n) is 4.14. The molecule has 3 heteroatoms. The van der Waals surface area contributed by atoms with Crippen LogP contribution in [0, 0.1) is 6.92 Å². The molecule has 1 aromatic carbocycles. The van der Waals surface area contributed by atoms with E-state index in [4.69, 9.17) is 5.73 Å². The number of rotatable bonds is 2. The van der Waals surface area contributed by atoms with Gasteiger partial charge in [-0.1, -0.05) is 29.8 Å². The van der Waals surface area contributed by atoms with Crippen LogP contribution in [0.2, 0.25) is 0 Å². The van der Waals surface area contributed by atoms with Gasteiger partial charge in [0.25, 0.3) is 0 Å². The highest BCUT2D eigenvalue weighted by Crippen LogP contribution is 2.14. The number of hydrogen-bond donors (Lipinski definition) is 1. The van der Waals surface area contributed by atoms with E-state index in [0.717, 1.165) is 13.0 Å². The monoisotopic (exact) mass is 204 g/mol. The van der Waals surface area contributed by atoms with E-state index in [1.807, 2.05) is 17.0 Å². The van der Waals surface area contributed by atoms with E-state index in [-0.39, 0.29) is 11.9 Å². The molecule has 0 bridgehead atoms. The Balaban J connectivity index is 2.06.